The van der Waals surface area contributed by atoms with Gasteiger partial charge in [-0.15, -0.1) is 10.2 Å². The Morgan fingerprint density at radius 2 is 2.05 bits per heavy atom. The second-order valence-electron chi connectivity index (χ2n) is 5.60. The first-order valence-electron chi connectivity index (χ1n) is 7.21. The molecule has 1 aromatic heterocycles. The summed E-state index contributed by atoms with van der Waals surface area (Å²) >= 11 is 5.89. The molecule has 1 aliphatic rings. The van der Waals surface area contributed by atoms with Gasteiger partial charge in [-0.05, 0) is 30.7 Å². The van der Waals surface area contributed by atoms with Crippen LogP contribution in [0.25, 0.3) is 11.4 Å². The monoisotopic (exact) mass is 324 g/mol. The van der Waals surface area contributed by atoms with Gasteiger partial charge in [-0.2, -0.15) is 0 Å². The summed E-state index contributed by atoms with van der Waals surface area (Å²) < 4.78 is 15.4. The van der Waals surface area contributed by atoms with Gasteiger partial charge < -0.3 is 9.67 Å². The van der Waals surface area contributed by atoms with Gasteiger partial charge in [0.05, 0.1) is 13.2 Å². The number of benzene rings is 1. The number of alkyl halides is 1. The van der Waals surface area contributed by atoms with Crippen LogP contribution in [0.4, 0.5) is 4.39 Å². The largest absolute Gasteiger partial charge is 0.395 e. The summed E-state index contributed by atoms with van der Waals surface area (Å²) in [5.41, 5.74) is 0.925. The van der Waals surface area contributed by atoms with Crippen LogP contribution in [0.2, 0.25) is 5.02 Å². The van der Waals surface area contributed by atoms with Crippen LogP contribution in [-0.2, 0) is 13.6 Å². The first kappa shape index (κ1) is 15.4. The van der Waals surface area contributed by atoms with Gasteiger partial charge in [0.2, 0.25) is 0 Å². The predicted molar refractivity (Wildman–Crippen MR) is 82.2 cm³/mol. The zero-order chi connectivity index (χ0) is 15.7. The van der Waals surface area contributed by atoms with Crippen LogP contribution in [-0.4, -0.2) is 50.1 Å². The van der Waals surface area contributed by atoms with E-state index < -0.39 is 6.17 Å². The van der Waals surface area contributed by atoms with Crippen molar-refractivity contribution in [1.82, 2.24) is 19.7 Å². The minimum Gasteiger partial charge on any atom is -0.395 e. The third kappa shape index (κ3) is 2.99. The molecule has 2 atom stereocenters. The van der Waals surface area contributed by atoms with Gasteiger partial charge in [-0.3, -0.25) is 4.90 Å². The highest BCUT2D eigenvalue weighted by atomic mass is 35.5. The van der Waals surface area contributed by atoms with E-state index in [1.54, 1.807) is 12.1 Å². The molecule has 0 unspecified atom stereocenters. The Bertz CT molecular complexity index is 645. The van der Waals surface area contributed by atoms with E-state index in [2.05, 4.69) is 10.2 Å². The fraction of sp³-hybridized carbons (Fsp3) is 0.467. The van der Waals surface area contributed by atoms with Crippen LogP contribution in [0.5, 0.6) is 0 Å². The van der Waals surface area contributed by atoms with Gasteiger partial charge in [0.25, 0.3) is 0 Å². The van der Waals surface area contributed by atoms with E-state index in [4.69, 9.17) is 11.6 Å². The average molecular weight is 325 g/mol. The molecule has 2 aromatic rings. The number of hydrogen-bond acceptors (Lipinski definition) is 4. The second-order valence-corrected chi connectivity index (χ2v) is 6.04. The fourth-order valence-electron chi connectivity index (χ4n) is 2.84. The zero-order valence-corrected chi connectivity index (χ0v) is 13.0. The third-order valence-electron chi connectivity index (χ3n) is 4.10. The van der Waals surface area contributed by atoms with Crippen molar-refractivity contribution in [3.05, 3.63) is 35.1 Å². The molecular weight excluding hydrogens is 307 g/mol. The molecule has 22 heavy (non-hydrogen) atoms. The molecule has 1 N–H and O–H groups in total. The minimum absolute atomic E-state index is 0.0394. The molecule has 5 nitrogen and oxygen atoms in total. The fourth-order valence-corrected chi connectivity index (χ4v) is 2.96. The number of halogens is 2. The van der Waals surface area contributed by atoms with Crippen LogP contribution < -0.4 is 0 Å². The number of aliphatic hydroxyl groups is 1. The second kappa shape index (κ2) is 6.32. The third-order valence-corrected chi connectivity index (χ3v) is 4.35. The smallest absolute Gasteiger partial charge is 0.163 e. The van der Waals surface area contributed by atoms with Gasteiger partial charge in [0, 0.05) is 30.2 Å². The zero-order valence-electron chi connectivity index (χ0n) is 12.3. The van der Waals surface area contributed by atoms with Gasteiger partial charge in [-0.1, -0.05) is 11.6 Å². The Morgan fingerprint density at radius 3 is 2.73 bits per heavy atom. The lowest BCUT2D eigenvalue weighted by molar-refractivity contribution is 0.149. The maximum absolute atomic E-state index is 13.5. The van der Waals surface area contributed by atoms with E-state index in [9.17, 15) is 9.50 Å². The summed E-state index contributed by atoms with van der Waals surface area (Å²) in [4.78, 5) is 1.92. The minimum atomic E-state index is -0.888. The molecule has 1 saturated heterocycles. The lowest BCUT2D eigenvalue weighted by atomic mass is 10.2. The molecule has 2 heterocycles. The molecule has 1 aliphatic heterocycles. The van der Waals surface area contributed by atoms with Crippen LogP contribution in [0.3, 0.4) is 0 Å². The molecule has 0 radical (unpaired) electrons. The number of aliphatic hydroxyl groups excluding tert-OH is 1. The van der Waals surface area contributed by atoms with Crippen molar-refractivity contribution in [2.45, 2.75) is 25.2 Å². The molecule has 0 saturated carbocycles. The number of rotatable bonds is 4. The van der Waals surface area contributed by atoms with Crippen molar-refractivity contribution in [2.24, 2.45) is 7.05 Å². The van der Waals surface area contributed by atoms with Gasteiger partial charge >= 0.3 is 0 Å². The van der Waals surface area contributed by atoms with Crippen LogP contribution in [0.15, 0.2) is 24.3 Å². The van der Waals surface area contributed by atoms with E-state index in [-0.39, 0.29) is 12.6 Å². The van der Waals surface area contributed by atoms with E-state index in [0.29, 0.717) is 24.5 Å². The molecule has 7 heteroatoms. The Morgan fingerprint density at radius 1 is 1.32 bits per heavy atom. The first-order chi connectivity index (χ1) is 10.6. The molecular formula is C15H18ClFN4O. The number of likely N-dealkylation sites (tertiary alicyclic amines) is 1. The molecule has 0 aliphatic carbocycles. The van der Waals surface area contributed by atoms with E-state index >= 15 is 0 Å². The molecule has 3 rings (SSSR count). The van der Waals surface area contributed by atoms with Crippen molar-refractivity contribution < 1.29 is 9.50 Å². The Balaban J connectivity index is 1.80. The SMILES string of the molecule is Cn1c(CN2C[C@@H](F)C[C@H]2CO)nnc1-c1ccc(Cl)cc1. The highest BCUT2D eigenvalue weighted by Gasteiger charge is 2.32. The highest BCUT2D eigenvalue weighted by molar-refractivity contribution is 6.30. The summed E-state index contributed by atoms with van der Waals surface area (Å²) in [6.07, 6.45) is -0.514. The molecule has 118 valence electrons. The summed E-state index contributed by atoms with van der Waals surface area (Å²) in [5.74, 6) is 1.49. The van der Waals surface area contributed by atoms with Crippen molar-refractivity contribution in [3.8, 4) is 11.4 Å². The van der Waals surface area contributed by atoms with Crippen molar-refractivity contribution >= 4 is 11.6 Å². The Labute approximate surface area is 133 Å². The normalized spacial score (nSPS) is 22.4. The Hall–Kier alpha value is -1.50. The quantitative estimate of drug-likeness (QED) is 0.935. The van der Waals surface area contributed by atoms with Crippen molar-refractivity contribution in [3.63, 3.8) is 0 Å². The summed E-state index contributed by atoms with van der Waals surface area (Å²) in [5, 5.41) is 18.4. The maximum Gasteiger partial charge on any atom is 0.163 e. The summed E-state index contributed by atoms with van der Waals surface area (Å²) in [7, 11) is 1.89. The van der Waals surface area contributed by atoms with E-state index in [1.165, 1.54) is 0 Å². The lowest BCUT2D eigenvalue weighted by Crippen LogP contribution is -2.32. The maximum atomic E-state index is 13.5. The predicted octanol–water partition coefficient (Wildman–Crippen LogP) is 2.04. The topological polar surface area (TPSA) is 54.2 Å². The van der Waals surface area contributed by atoms with Crippen LogP contribution in [0.1, 0.15) is 12.2 Å². The highest BCUT2D eigenvalue weighted by Crippen LogP contribution is 2.24. The van der Waals surface area contributed by atoms with Crippen molar-refractivity contribution in [2.75, 3.05) is 13.2 Å². The van der Waals surface area contributed by atoms with E-state index in [0.717, 1.165) is 17.2 Å². The lowest BCUT2D eigenvalue weighted by Gasteiger charge is -2.21. The van der Waals surface area contributed by atoms with Gasteiger partial charge in [0.1, 0.15) is 12.0 Å². The summed E-state index contributed by atoms with van der Waals surface area (Å²) in [6.45, 7) is 0.763. The van der Waals surface area contributed by atoms with Crippen LogP contribution in [0, 0.1) is 0 Å². The molecule has 0 bridgehead atoms. The van der Waals surface area contributed by atoms with E-state index in [1.807, 2.05) is 28.6 Å². The van der Waals surface area contributed by atoms with Crippen LogP contribution >= 0.6 is 11.6 Å². The number of hydrogen-bond donors (Lipinski definition) is 1. The molecule has 1 aromatic carbocycles. The summed E-state index contributed by atoms with van der Waals surface area (Å²) in [6, 6.07) is 7.24. The number of nitrogens with zero attached hydrogens (tertiary/aromatic N) is 4. The standard InChI is InChI=1S/C15H18ClFN4O/c1-20-14(8-21-7-12(17)6-13(21)9-22)18-19-15(20)10-2-4-11(16)5-3-10/h2-5,12-13,22H,6-9H2,1H3/t12-,13-/m0/s1. The number of aromatic nitrogens is 3. The average Bonchev–Trinajstić information content (AvgIpc) is 3.04. The molecule has 0 spiro atoms. The first-order valence-corrected chi connectivity index (χ1v) is 7.59. The van der Waals surface area contributed by atoms with Gasteiger partial charge in [0.15, 0.2) is 5.82 Å². The molecule has 1 fully saturated rings. The Kier molecular flexibility index (Phi) is 4.42. The molecule has 0 amide bonds. The van der Waals surface area contributed by atoms with Gasteiger partial charge in [-0.25, -0.2) is 4.39 Å². The van der Waals surface area contributed by atoms with Crippen molar-refractivity contribution in [1.29, 1.82) is 0 Å².